The summed E-state index contributed by atoms with van der Waals surface area (Å²) < 4.78 is 90.7. The van der Waals surface area contributed by atoms with Crippen molar-refractivity contribution in [3.05, 3.63) is 87.5 Å². The van der Waals surface area contributed by atoms with E-state index < -0.39 is 92.9 Å². The number of alkyl halides is 6. The number of carboxylic acid groups (broad SMARTS) is 1. The van der Waals surface area contributed by atoms with E-state index in [9.17, 15) is 29.1 Å². The minimum atomic E-state index is -6.05. The molecule has 0 aromatic heterocycles. The van der Waals surface area contributed by atoms with Gasteiger partial charge in [0.15, 0.2) is 5.41 Å². The van der Waals surface area contributed by atoms with E-state index in [0.29, 0.717) is 28.7 Å². The van der Waals surface area contributed by atoms with Gasteiger partial charge in [0, 0.05) is 22.6 Å². The van der Waals surface area contributed by atoms with Crippen LogP contribution in [-0.4, -0.2) is 57.5 Å². The molecule has 1 saturated heterocycles. The molecule has 2 aromatic rings. The summed E-state index contributed by atoms with van der Waals surface area (Å²) in [5.74, 6) is -8.11. The zero-order valence-electron chi connectivity index (χ0n) is 26.6. The molecule has 1 atom stereocenters. The van der Waals surface area contributed by atoms with Gasteiger partial charge in [0.25, 0.3) is 23.6 Å². The highest BCUT2D eigenvalue weighted by molar-refractivity contribution is 6.37. The number of benzene rings is 2. The molecule has 2 aliphatic heterocycles. The molecule has 1 fully saturated rings. The molecular formula is C34H30F6N2O6. The quantitative estimate of drug-likeness (QED) is 0.279. The second-order valence-corrected chi connectivity index (χ2v) is 14.0. The molecule has 5 rings (SSSR count). The van der Waals surface area contributed by atoms with Crippen molar-refractivity contribution in [3.8, 4) is 0 Å². The van der Waals surface area contributed by atoms with Crippen LogP contribution in [0.2, 0.25) is 0 Å². The lowest BCUT2D eigenvalue weighted by Crippen LogP contribution is -2.58. The lowest BCUT2D eigenvalue weighted by Gasteiger charge is -2.43. The maximum atomic E-state index is 15.1. The number of rotatable bonds is 4. The number of hydrogen-bond donors (Lipinski definition) is 1. The number of carbonyl (C=O) groups excluding carboxylic acids is 4. The van der Waals surface area contributed by atoms with Crippen molar-refractivity contribution in [2.24, 2.45) is 5.92 Å². The molecular weight excluding hydrogens is 646 g/mol. The molecule has 0 bridgehead atoms. The SMILES string of the molecule is CC(C)(C)c1cc(C(=O)O)cc(N2C(=O)C3=CCC(C(c4ccc5c(c4)C(=O)N(C(C)(C)C)C5=O)(C(F)(F)F)C(F)(F)F)C=C3C2=O)c1. The molecule has 3 aliphatic rings. The smallest absolute Gasteiger partial charge is 0.407 e. The van der Waals surface area contributed by atoms with E-state index in [1.807, 2.05) is 0 Å². The molecule has 1 aliphatic carbocycles. The van der Waals surface area contributed by atoms with Crippen molar-refractivity contribution in [3.63, 3.8) is 0 Å². The predicted molar refractivity (Wildman–Crippen MR) is 159 cm³/mol. The zero-order chi connectivity index (χ0) is 36.1. The molecule has 8 nitrogen and oxygen atoms in total. The van der Waals surface area contributed by atoms with Gasteiger partial charge >= 0.3 is 18.3 Å². The highest BCUT2D eigenvalue weighted by atomic mass is 19.4. The van der Waals surface area contributed by atoms with Crippen LogP contribution in [-0.2, 0) is 20.4 Å². The van der Waals surface area contributed by atoms with Gasteiger partial charge < -0.3 is 5.11 Å². The van der Waals surface area contributed by atoms with Crippen molar-refractivity contribution in [1.82, 2.24) is 4.90 Å². The third kappa shape index (κ3) is 5.03. The fourth-order valence-electron chi connectivity index (χ4n) is 6.49. The summed E-state index contributed by atoms with van der Waals surface area (Å²) in [5.41, 5.74) is -10.1. The van der Waals surface area contributed by atoms with Crippen LogP contribution in [0.1, 0.15) is 90.2 Å². The summed E-state index contributed by atoms with van der Waals surface area (Å²) in [6.45, 7) is 9.64. The van der Waals surface area contributed by atoms with Crippen molar-refractivity contribution in [1.29, 1.82) is 0 Å². The Labute approximate surface area is 270 Å². The molecule has 0 saturated carbocycles. The van der Waals surface area contributed by atoms with E-state index in [4.69, 9.17) is 0 Å². The molecule has 2 heterocycles. The van der Waals surface area contributed by atoms with E-state index in [0.717, 1.165) is 23.1 Å². The first kappa shape index (κ1) is 34.6. The molecule has 1 N–H and O–H groups in total. The number of carboxylic acids is 1. The largest absolute Gasteiger partial charge is 0.478 e. The monoisotopic (exact) mass is 676 g/mol. The standard InChI is InChI=1S/C34H30F6N2O6/c1-30(2,3)19-11-16(29(47)48)12-20(13-19)41-25(43)21-9-7-17(14-23(21)26(41)44)32(33(35,36)37,34(38,39)40)18-8-10-22-24(15-18)28(46)42(27(22)45)31(4,5)6/h8-15,17H,7H2,1-6H3,(H,47,48). The van der Waals surface area contributed by atoms with E-state index in [-0.39, 0.29) is 16.8 Å². The van der Waals surface area contributed by atoms with Crippen LogP contribution in [0.25, 0.3) is 0 Å². The van der Waals surface area contributed by atoms with E-state index in [1.165, 1.54) is 32.9 Å². The normalized spacial score (nSPS) is 19.0. The van der Waals surface area contributed by atoms with Crippen molar-refractivity contribution in [2.45, 2.75) is 76.7 Å². The molecule has 0 radical (unpaired) electrons. The summed E-state index contributed by atoms with van der Waals surface area (Å²) in [5, 5.41) is 9.64. The number of carbonyl (C=O) groups is 5. The average molecular weight is 677 g/mol. The summed E-state index contributed by atoms with van der Waals surface area (Å²) >= 11 is 0. The molecule has 2 aromatic carbocycles. The van der Waals surface area contributed by atoms with Gasteiger partial charge in [-0.25, -0.2) is 9.69 Å². The molecule has 1 unspecified atom stereocenters. The Balaban J connectivity index is 1.67. The van der Waals surface area contributed by atoms with Gasteiger partial charge in [-0.05, 0) is 74.1 Å². The Bertz CT molecular complexity index is 1860. The van der Waals surface area contributed by atoms with E-state index in [2.05, 4.69) is 0 Å². The highest BCUT2D eigenvalue weighted by Gasteiger charge is 2.74. The Hall–Kier alpha value is -4.75. The van der Waals surface area contributed by atoms with Gasteiger partial charge in [-0.15, -0.1) is 0 Å². The number of allylic oxidation sites excluding steroid dienone is 2. The third-order valence-corrected chi connectivity index (χ3v) is 8.85. The van der Waals surface area contributed by atoms with E-state index >= 15 is 26.3 Å². The maximum absolute atomic E-state index is 15.1. The molecule has 0 spiro atoms. The fraction of sp³-hybridized carbons (Fsp3) is 0.382. The van der Waals surface area contributed by atoms with Crippen LogP contribution in [0.15, 0.2) is 59.7 Å². The Morgan fingerprint density at radius 2 is 1.29 bits per heavy atom. The lowest BCUT2D eigenvalue weighted by molar-refractivity contribution is -0.314. The van der Waals surface area contributed by atoms with Gasteiger partial charge in [-0.2, -0.15) is 26.3 Å². The van der Waals surface area contributed by atoms with Gasteiger partial charge in [0.05, 0.1) is 22.4 Å². The van der Waals surface area contributed by atoms with Gasteiger partial charge in [0.1, 0.15) is 0 Å². The lowest BCUT2D eigenvalue weighted by atomic mass is 9.65. The summed E-state index contributed by atoms with van der Waals surface area (Å²) in [6, 6.07) is 5.40. The van der Waals surface area contributed by atoms with Crippen LogP contribution in [0.5, 0.6) is 0 Å². The molecule has 14 heteroatoms. The number of amides is 4. The zero-order valence-corrected chi connectivity index (χ0v) is 26.6. The predicted octanol–water partition coefficient (Wildman–Crippen LogP) is 6.89. The van der Waals surface area contributed by atoms with Gasteiger partial charge in [-0.3, -0.25) is 24.1 Å². The second-order valence-electron chi connectivity index (χ2n) is 14.0. The average Bonchev–Trinajstić information content (AvgIpc) is 3.34. The molecule has 48 heavy (non-hydrogen) atoms. The van der Waals surface area contributed by atoms with Crippen LogP contribution in [0.4, 0.5) is 32.0 Å². The van der Waals surface area contributed by atoms with Gasteiger partial charge in [0.2, 0.25) is 0 Å². The van der Waals surface area contributed by atoms with Crippen molar-refractivity contribution in [2.75, 3.05) is 4.90 Å². The molecule has 254 valence electrons. The number of aromatic carboxylic acids is 1. The second kappa shape index (κ2) is 10.6. The van der Waals surface area contributed by atoms with Gasteiger partial charge in [-0.1, -0.05) is 39.0 Å². The van der Waals surface area contributed by atoms with E-state index in [1.54, 1.807) is 20.8 Å². The summed E-state index contributed by atoms with van der Waals surface area (Å²) in [6.07, 6.45) is -11.8. The third-order valence-electron chi connectivity index (χ3n) is 8.85. The van der Waals surface area contributed by atoms with Crippen LogP contribution in [0.3, 0.4) is 0 Å². The number of halogens is 6. The van der Waals surface area contributed by atoms with Crippen LogP contribution >= 0.6 is 0 Å². The Morgan fingerprint density at radius 3 is 1.81 bits per heavy atom. The number of imide groups is 2. The maximum Gasteiger partial charge on any atom is 0.407 e. The number of nitrogens with zero attached hydrogens (tertiary/aromatic N) is 2. The highest BCUT2D eigenvalue weighted by Crippen LogP contribution is 2.59. The first-order valence-corrected chi connectivity index (χ1v) is 14.7. The number of hydrogen-bond acceptors (Lipinski definition) is 5. The first-order chi connectivity index (χ1) is 21.8. The topological polar surface area (TPSA) is 112 Å². The van der Waals surface area contributed by atoms with Crippen molar-refractivity contribution >= 4 is 35.3 Å². The fourth-order valence-corrected chi connectivity index (χ4v) is 6.49. The van der Waals surface area contributed by atoms with Crippen molar-refractivity contribution < 1.29 is 55.4 Å². The summed E-state index contributed by atoms with van der Waals surface area (Å²) in [4.78, 5) is 66.3. The Kier molecular flexibility index (Phi) is 7.66. The first-order valence-electron chi connectivity index (χ1n) is 14.7. The summed E-state index contributed by atoms with van der Waals surface area (Å²) in [7, 11) is 0. The minimum Gasteiger partial charge on any atom is -0.478 e. The number of fused-ring (bicyclic) bond motifs is 2. The van der Waals surface area contributed by atoms with Crippen LogP contribution in [0, 0.1) is 5.92 Å². The van der Waals surface area contributed by atoms with Crippen LogP contribution < -0.4 is 4.90 Å². The number of anilines is 1. The minimum absolute atomic E-state index is 0.217. The molecule has 4 amide bonds. The Morgan fingerprint density at radius 1 is 0.729 bits per heavy atom.